The molecule has 2 aromatic carbocycles. The van der Waals surface area contributed by atoms with Gasteiger partial charge >= 0.3 is 0 Å². The zero-order chi connectivity index (χ0) is 19.3. The zero-order valence-corrected chi connectivity index (χ0v) is 15.9. The Bertz CT molecular complexity index is 891. The van der Waals surface area contributed by atoms with E-state index in [2.05, 4.69) is 15.4 Å². The monoisotopic (exact) mass is 389 g/mol. The molecule has 1 aliphatic heterocycles. The van der Waals surface area contributed by atoms with E-state index >= 15 is 0 Å². The fourth-order valence-corrected chi connectivity index (χ4v) is 4.05. The van der Waals surface area contributed by atoms with Crippen LogP contribution < -0.4 is 20.1 Å². The Balaban J connectivity index is 1.79. The second kappa shape index (κ2) is 8.41. The number of carbonyl (C=O) groups is 1. The van der Waals surface area contributed by atoms with Gasteiger partial charge < -0.3 is 15.4 Å². The van der Waals surface area contributed by atoms with Gasteiger partial charge in [0, 0.05) is 12.6 Å². The molecule has 1 unspecified atom stereocenters. The van der Waals surface area contributed by atoms with Crippen molar-refractivity contribution in [2.75, 3.05) is 24.9 Å². The number of rotatable bonds is 6. The molecule has 27 heavy (non-hydrogen) atoms. The zero-order valence-electron chi connectivity index (χ0n) is 15.1. The predicted octanol–water partition coefficient (Wildman–Crippen LogP) is 1.98. The summed E-state index contributed by atoms with van der Waals surface area (Å²) in [5.74, 6) is 0.270. The van der Waals surface area contributed by atoms with Crippen LogP contribution in [0.15, 0.2) is 53.4 Å². The van der Waals surface area contributed by atoms with Gasteiger partial charge in [0.1, 0.15) is 5.75 Å². The summed E-state index contributed by atoms with van der Waals surface area (Å²) in [6.07, 6.45) is 1.90. The van der Waals surface area contributed by atoms with Crippen LogP contribution in [0.1, 0.15) is 23.2 Å². The average Bonchev–Trinajstić information content (AvgIpc) is 2.69. The van der Waals surface area contributed by atoms with Crippen LogP contribution >= 0.6 is 0 Å². The maximum absolute atomic E-state index is 12.7. The fourth-order valence-electron chi connectivity index (χ4n) is 2.97. The van der Waals surface area contributed by atoms with Gasteiger partial charge in [-0.2, -0.15) is 0 Å². The van der Waals surface area contributed by atoms with Gasteiger partial charge in [-0.05, 0) is 55.8 Å². The van der Waals surface area contributed by atoms with Crippen molar-refractivity contribution in [3.8, 4) is 5.75 Å². The van der Waals surface area contributed by atoms with Gasteiger partial charge in [-0.3, -0.25) is 9.52 Å². The summed E-state index contributed by atoms with van der Waals surface area (Å²) in [6.45, 7) is 1.66. The van der Waals surface area contributed by atoms with Crippen LogP contribution in [0.4, 0.5) is 5.69 Å². The number of amides is 1. The van der Waals surface area contributed by atoms with Gasteiger partial charge in [-0.25, -0.2) is 8.42 Å². The number of ether oxygens (including phenoxy) is 1. The molecule has 0 bridgehead atoms. The summed E-state index contributed by atoms with van der Waals surface area (Å²) < 4.78 is 32.9. The van der Waals surface area contributed by atoms with Crippen molar-refractivity contribution in [1.29, 1.82) is 0 Å². The summed E-state index contributed by atoms with van der Waals surface area (Å²) in [4.78, 5) is 12.7. The van der Waals surface area contributed by atoms with Crippen LogP contribution in [0.25, 0.3) is 0 Å². The Morgan fingerprint density at radius 1 is 1.15 bits per heavy atom. The van der Waals surface area contributed by atoms with E-state index in [9.17, 15) is 13.2 Å². The number of hydrogen-bond acceptors (Lipinski definition) is 5. The highest BCUT2D eigenvalue weighted by Gasteiger charge is 2.21. The van der Waals surface area contributed by atoms with E-state index in [1.807, 2.05) is 0 Å². The molecule has 7 nitrogen and oxygen atoms in total. The maximum Gasteiger partial charge on any atom is 0.261 e. The molecule has 3 rings (SSSR count). The third-order valence-corrected chi connectivity index (χ3v) is 5.80. The Labute approximate surface area is 159 Å². The molecule has 1 saturated heterocycles. The summed E-state index contributed by atoms with van der Waals surface area (Å²) >= 11 is 0. The lowest BCUT2D eigenvalue weighted by molar-refractivity contribution is 0.0931. The van der Waals surface area contributed by atoms with Crippen LogP contribution in [0, 0.1) is 0 Å². The molecule has 1 amide bonds. The number of benzene rings is 2. The van der Waals surface area contributed by atoms with Crippen LogP contribution in [0.5, 0.6) is 5.75 Å². The van der Waals surface area contributed by atoms with Crippen molar-refractivity contribution in [1.82, 2.24) is 10.6 Å². The highest BCUT2D eigenvalue weighted by molar-refractivity contribution is 7.92. The third kappa shape index (κ3) is 4.78. The molecule has 1 fully saturated rings. The summed E-state index contributed by atoms with van der Waals surface area (Å²) in [7, 11) is -2.31. The van der Waals surface area contributed by atoms with Crippen LogP contribution in [-0.2, 0) is 10.0 Å². The molecule has 0 spiro atoms. The first-order chi connectivity index (χ1) is 13.0. The summed E-state index contributed by atoms with van der Waals surface area (Å²) in [5.41, 5.74) is 0.537. The van der Waals surface area contributed by atoms with Gasteiger partial charge in [0.15, 0.2) is 0 Å². The first kappa shape index (κ1) is 19.2. The van der Waals surface area contributed by atoms with E-state index in [1.54, 1.807) is 36.4 Å². The number of carbonyl (C=O) groups excluding carboxylic acids is 1. The van der Waals surface area contributed by atoms with Crippen molar-refractivity contribution in [3.05, 3.63) is 54.1 Å². The van der Waals surface area contributed by atoms with Crippen LogP contribution in [-0.4, -0.2) is 40.6 Å². The minimum Gasteiger partial charge on any atom is -0.497 e. The number of nitrogens with one attached hydrogen (secondary N) is 3. The fraction of sp³-hybridized carbons (Fsp3) is 0.316. The number of piperidine rings is 1. The number of anilines is 1. The number of methoxy groups -OCH3 is 1. The summed E-state index contributed by atoms with van der Waals surface area (Å²) in [6, 6.07) is 12.7. The Kier molecular flexibility index (Phi) is 5.98. The van der Waals surface area contributed by atoms with Gasteiger partial charge in [0.25, 0.3) is 15.9 Å². The molecular weight excluding hydrogens is 366 g/mol. The minimum absolute atomic E-state index is 0.0394. The highest BCUT2D eigenvalue weighted by Crippen LogP contribution is 2.22. The molecule has 1 heterocycles. The number of para-hydroxylation sites is 1. The standard InChI is InChI=1S/C19H23N3O4S/c1-26-15-8-10-16(11-9-15)27(24,25)22-18-7-3-2-6-17(18)19(23)21-14-5-4-12-20-13-14/h2-3,6-11,14,20,22H,4-5,12-13H2,1H3,(H,21,23). The smallest absolute Gasteiger partial charge is 0.261 e. The number of hydrogen-bond donors (Lipinski definition) is 3. The molecule has 0 aromatic heterocycles. The van der Waals surface area contributed by atoms with E-state index in [1.165, 1.54) is 19.2 Å². The molecule has 144 valence electrons. The first-order valence-corrected chi connectivity index (χ1v) is 10.3. The molecule has 0 aliphatic carbocycles. The van der Waals surface area contributed by atoms with Crippen molar-refractivity contribution < 1.29 is 17.9 Å². The molecule has 1 atom stereocenters. The molecular formula is C19H23N3O4S. The second-order valence-electron chi connectivity index (χ2n) is 6.34. The van der Waals surface area contributed by atoms with E-state index in [-0.39, 0.29) is 22.5 Å². The lowest BCUT2D eigenvalue weighted by Crippen LogP contribution is -2.45. The molecule has 0 radical (unpaired) electrons. The van der Waals surface area contributed by atoms with Gasteiger partial charge in [-0.1, -0.05) is 12.1 Å². The van der Waals surface area contributed by atoms with E-state index in [0.717, 1.165) is 19.4 Å². The lowest BCUT2D eigenvalue weighted by Gasteiger charge is -2.24. The van der Waals surface area contributed by atoms with Crippen molar-refractivity contribution in [2.45, 2.75) is 23.8 Å². The lowest BCUT2D eigenvalue weighted by atomic mass is 10.1. The van der Waals surface area contributed by atoms with Crippen LogP contribution in [0.3, 0.4) is 0 Å². The topological polar surface area (TPSA) is 96.5 Å². The molecule has 2 aromatic rings. The Hall–Kier alpha value is -2.58. The van der Waals surface area contributed by atoms with Crippen LogP contribution in [0.2, 0.25) is 0 Å². The Morgan fingerprint density at radius 3 is 2.56 bits per heavy atom. The highest BCUT2D eigenvalue weighted by atomic mass is 32.2. The van der Waals surface area contributed by atoms with E-state index in [0.29, 0.717) is 17.9 Å². The second-order valence-corrected chi connectivity index (χ2v) is 8.03. The first-order valence-electron chi connectivity index (χ1n) is 8.77. The predicted molar refractivity (Wildman–Crippen MR) is 104 cm³/mol. The molecule has 8 heteroatoms. The van der Waals surface area contributed by atoms with Gasteiger partial charge in [-0.15, -0.1) is 0 Å². The third-order valence-electron chi connectivity index (χ3n) is 4.42. The SMILES string of the molecule is COc1ccc(S(=O)(=O)Nc2ccccc2C(=O)NC2CCCNC2)cc1. The van der Waals surface area contributed by atoms with Crippen molar-refractivity contribution >= 4 is 21.6 Å². The van der Waals surface area contributed by atoms with E-state index < -0.39 is 10.0 Å². The Morgan fingerprint density at radius 2 is 1.89 bits per heavy atom. The van der Waals surface area contributed by atoms with Crippen molar-refractivity contribution in [2.24, 2.45) is 0 Å². The minimum atomic E-state index is -3.83. The molecule has 0 saturated carbocycles. The normalized spacial score (nSPS) is 17.1. The quantitative estimate of drug-likeness (QED) is 0.702. The molecule has 1 aliphatic rings. The van der Waals surface area contributed by atoms with Gasteiger partial charge in [0.05, 0.1) is 23.3 Å². The maximum atomic E-state index is 12.7. The van der Waals surface area contributed by atoms with Crippen molar-refractivity contribution in [3.63, 3.8) is 0 Å². The average molecular weight is 389 g/mol. The largest absolute Gasteiger partial charge is 0.497 e. The molecule has 3 N–H and O–H groups in total. The van der Waals surface area contributed by atoms with E-state index in [4.69, 9.17) is 4.74 Å². The van der Waals surface area contributed by atoms with Gasteiger partial charge in [0.2, 0.25) is 0 Å². The summed E-state index contributed by atoms with van der Waals surface area (Å²) in [5, 5.41) is 6.20. The number of sulfonamides is 1.